The Kier molecular flexibility index (Phi) is 9.03. The summed E-state index contributed by atoms with van der Waals surface area (Å²) in [5.74, 6) is -0.563. The van der Waals surface area contributed by atoms with E-state index in [4.69, 9.17) is 33.0 Å². The maximum atomic E-state index is 13.0. The van der Waals surface area contributed by atoms with E-state index in [-0.39, 0.29) is 18.1 Å². The molecule has 11 heteroatoms. The normalized spacial score (nSPS) is 15.6. The fraction of sp³-hybridized carbons (Fsp3) is 0.115. The highest BCUT2D eigenvalue weighted by Crippen LogP contribution is 2.39. The third kappa shape index (κ3) is 6.59. The second-order valence-electron chi connectivity index (χ2n) is 7.74. The van der Waals surface area contributed by atoms with Crippen molar-refractivity contribution >= 4 is 95.6 Å². The van der Waals surface area contributed by atoms with Crippen molar-refractivity contribution in [3.63, 3.8) is 0 Å². The molecule has 0 bridgehead atoms. The highest BCUT2D eigenvalue weighted by atomic mass is 79.9. The molecule has 0 spiro atoms. The second-order valence-corrected chi connectivity index (χ2v) is 11.3. The van der Waals surface area contributed by atoms with E-state index in [0.717, 1.165) is 11.1 Å². The van der Waals surface area contributed by atoms with Gasteiger partial charge in [-0.15, -0.1) is 0 Å². The van der Waals surface area contributed by atoms with Gasteiger partial charge in [0, 0.05) is 22.2 Å². The van der Waals surface area contributed by atoms with Crippen molar-refractivity contribution in [1.29, 1.82) is 0 Å². The van der Waals surface area contributed by atoms with Gasteiger partial charge in [-0.05, 0) is 111 Å². The molecule has 190 valence electrons. The fourth-order valence-corrected chi connectivity index (χ4v) is 6.38. The van der Waals surface area contributed by atoms with E-state index >= 15 is 0 Å². The number of likely N-dealkylation sites (N-methyl/N-ethyl adjacent to an activating group) is 1. The summed E-state index contributed by atoms with van der Waals surface area (Å²) in [5.41, 5.74) is 2.32. The second kappa shape index (κ2) is 12.0. The summed E-state index contributed by atoms with van der Waals surface area (Å²) in [7, 11) is 0. The number of aliphatic imine (C=N–C) groups is 1. The minimum Gasteiger partial charge on any atom is -0.486 e. The molecule has 1 saturated heterocycles. The lowest BCUT2D eigenvalue weighted by atomic mass is 10.2. The molecule has 3 aromatic rings. The zero-order valence-corrected chi connectivity index (χ0v) is 24.7. The van der Waals surface area contributed by atoms with Crippen LogP contribution in [0.3, 0.4) is 0 Å². The number of carbonyl (C=O) groups is 2. The molecule has 0 aromatic heterocycles. The Bertz CT molecular complexity index is 1420. The first-order valence-corrected chi connectivity index (χ1v) is 14.0. The molecule has 0 unspecified atom stereocenters. The Morgan fingerprint density at radius 1 is 1.11 bits per heavy atom. The fourth-order valence-electron chi connectivity index (χ4n) is 3.40. The molecule has 0 atom stereocenters. The summed E-state index contributed by atoms with van der Waals surface area (Å²) >= 11 is 20.6. The van der Waals surface area contributed by atoms with E-state index in [1.165, 1.54) is 23.9 Å². The molecule has 1 aliphatic heterocycles. The van der Waals surface area contributed by atoms with Crippen LogP contribution in [0.15, 0.2) is 73.4 Å². The molecule has 1 aliphatic rings. The van der Waals surface area contributed by atoms with E-state index in [1.54, 1.807) is 35.2 Å². The molecule has 0 aliphatic carbocycles. The molecule has 4 rings (SSSR count). The Morgan fingerprint density at radius 3 is 2.38 bits per heavy atom. The molecule has 3 aromatic carbocycles. The number of benzene rings is 3. The van der Waals surface area contributed by atoms with Crippen LogP contribution in [0.4, 0.5) is 5.69 Å². The van der Waals surface area contributed by atoms with Gasteiger partial charge in [-0.25, -0.2) is 9.79 Å². The molecule has 1 amide bonds. The largest absolute Gasteiger partial charge is 0.486 e. The Balaban J connectivity index is 1.55. The van der Waals surface area contributed by atoms with Crippen LogP contribution in [0, 0.1) is 0 Å². The molecule has 1 N–H and O–H groups in total. The highest BCUT2D eigenvalue weighted by molar-refractivity contribution is 9.11. The number of carbonyl (C=O) groups excluding carboxylic acids is 1. The summed E-state index contributed by atoms with van der Waals surface area (Å²) in [6.45, 7) is 2.57. The summed E-state index contributed by atoms with van der Waals surface area (Å²) < 4.78 is 7.39. The number of amides is 1. The standard InChI is InChI=1S/C26H18Br2Cl2N2O4S/c1-2-32-24(33)22(37-26(32)31-18-7-4-15(5-8-18)25(34)35)11-14-9-19(27)23(20(28)10-14)36-13-16-3-6-17(29)12-21(16)30/h3-12H,2,13H2,1H3,(H,34,35). The van der Waals surface area contributed by atoms with E-state index in [0.29, 0.717) is 47.0 Å². The molecular formula is C26H18Br2Cl2N2O4S. The highest BCUT2D eigenvalue weighted by Gasteiger charge is 2.32. The van der Waals surface area contributed by atoms with Gasteiger partial charge < -0.3 is 9.84 Å². The number of ether oxygens (including phenoxy) is 1. The van der Waals surface area contributed by atoms with E-state index in [9.17, 15) is 9.59 Å². The number of carboxylic acids is 1. The molecular weight excluding hydrogens is 667 g/mol. The van der Waals surface area contributed by atoms with E-state index in [2.05, 4.69) is 36.9 Å². The summed E-state index contributed by atoms with van der Waals surface area (Å²) in [6.07, 6.45) is 1.79. The topological polar surface area (TPSA) is 79.2 Å². The summed E-state index contributed by atoms with van der Waals surface area (Å²) in [6, 6.07) is 15.1. The predicted molar refractivity (Wildman–Crippen MR) is 156 cm³/mol. The smallest absolute Gasteiger partial charge is 0.335 e. The average molecular weight is 685 g/mol. The van der Waals surface area contributed by atoms with Crippen LogP contribution in [0.5, 0.6) is 5.75 Å². The van der Waals surface area contributed by atoms with Crippen molar-refractivity contribution in [2.75, 3.05) is 6.54 Å². The number of hydrogen-bond acceptors (Lipinski definition) is 5. The number of halogens is 4. The third-order valence-electron chi connectivity index (χ3n) is 5.25. The van der Waals surface area contributed by atoms with E-state index < -0.39 is 5.97 Å². The van der Waals surface area contributed by atoms with Gasteiger partial charge in [0.15, 0.2) is 5.17 Å². The molecule has 0 radical (unpaired) electrons. The van der Waals surface area contributed by atoms with Gasteiger partial charge in [-0.2, -0.15) is 0 Å². The first-order valence-electron chi connectivity index (χ1n) is 10.9. The first-order chi connectivity index (χ1) is 17.7. The third-order valence-corrected chi connectivity index (χ3v) is 8.02. The quantitative estimate of drug-likeness (QED) is 0.253. The minimum atomic E-state index is -1.01. The van der Waals surface area contributed by atoms with E-state index in [1.807, 2.05) is 25.1 Å². The number of carboxylic acid groups (broad SMARTS) is 1. The van der Waals surface area contributed by atoms with Crippen LogP contribution in [0.1, 0.15) is 28.4 Å². The lowest BCUT2D eigenvalue weighted by Crippen LogP contribution is -2.28. The van der Waals surface area contributed by atoms with Gasteiger partial charge in [-0.3, -0.25) is 9.69 Å². The zero-order valence-electron chi connectivity index (χ0n) is 19.2. The Morgan fingerprint density at radius 2 is 1.78 bits per heavy atom. The molecule has 37 heavy (non-hydrogen) atoms. The van der Waals surface area contributed by atoms with Crippen molar-refractivity contribution in [1.82, 2.24) is 4.90 Å². The molecule has 1 heterocycles. The van der Waals surface area contributed by atoms with Gasteiger partial charge in [0.1, 0.15) is 12.4 Å². The minimum absolute atomic E-state index is 0.154. The maximum absolute atomic E-state index is 13.0. The SMILES string of the molecule is CCN1C(=O)C(=Cc2cc(Br)c(OCc3ccc(Cl)cc3Cl)c(Br)c2)SC1=Nc1ccc(C(=O)O)cc1. The zero-order chi connectivity index (χ0) is 26.7. The van der Waals surface area contributed by atoms with Crippen LogP contribution in [-0.4, -0.2) is 33.6 Å². The number of aromatic carboxylic acids is 1. The number of rotatable bonds is 7. The van der Waals surface area contributed by atoms with Crippen molar-refractivity contribution in [3.8, 4) is 5.75 Å². The van der Waals surface area contributed by atoms with Crippen LogP contribution in [0.2, 0.25) is 10.0 Å². The van der Waals surface area contributed by atoms with Gasteiger partial charge in [0.2, 0.25) is 0 Å². The monoisotopic (exact) mass is 682 g/mol. The lowest BCUT2D eigenvalue weighted by Gasteiger charge is -2.13. The van der Waals surface area contributed by atoms with Gasteiger partial charge in [0.05, 0.1) is 25.1 Å². The molecule has 1 fully saturated rings. The number of amidine groups is 1. The van der Waals surface area contributed by atoms with Crippen LogP contribution in [0.25, 0.3) is 6.08 Å². The predicted octanol–water partition coefficient (Wildman–Crippen LogP) is 8.42. The number of thioether (sulfide) groups is 1. The number of nitrogens with zero attached hydrogens (tertiary/aromatic N) is 2. The van der Waals surface area contributed by atoms with Crippen molar-refractivity contribution in [3.05, 3.63) is 95.2 Å². The van der Waals surface area contributed by atoms with Crippen LogP contribution in [-0.2, 0) is 11.4 Å². The summed E-state index contributed by atoms with van der Waals surface area (Å²) in [5, 5.41) is 10.7. The Hall–Kier alpha value is -2.30. The number of hydrogen-bond donors (Lipinski definition) is 1. The van der Waals surface area contributed by atoms with Gasteiger partial charge in [0.25, 0.3) is 5.91 Å². The van der Waals surface area contributed by atoms with Crippen molar-refractivity contribution in [2.24, 2.45) is 4.99 Å². The first kappa shape index (κ1) is 27.7. The van der Waals surface area contributed by atoms with Crippen molar-refractivity contribution < 1.29 is 19.4 Å². The van der Waals surface area contributed by atoms with Crippen LogP contribution < -0.4 is 4.74 Å². The average Bonchev–Trinajstić information content (AvgIpc) is 3.13. The molecule has 6 nitrogen and oxygen atoms in total. The van der Waals surface area contributed by atoms with Crippen molar-refractivity contribution in [2.45, 2.75) is 13.5 Å². The maximum Gasteiger partial charge on any atom is 0.335 e. The Labute approximate surface area is 244 Å². The van der Waals surface area contributed by atoms with Crippen LogP contribution >= 0.6 is 66.8 Å². The van der Waals surface area contributed by atoms with Gasteiger partial charge in [-0.1, -0.05) is 29.3 Å². The lowest BCUT2D eigenvalue weighted by molar-refractivity contribution is -0.122. The summed E-state index contributed by atoms with van der Waals surface area (Å²) in [4.78, 5) is 30.8. The molecule has 0 saturated carbocycles. The van der Waals surface area contributed by atoms with Gasteiger partial charge >= 0.3 is 5.97 Å².